The predicted octanol–water partition coefficient (Wildman–Crippen LogP) is 2.83. The molecule has 0 bridgehead atoms. The Hall–Kier alpha value is -1.20. The van der Waals surface area contributed by atoms with Gasteiger partial charge >= 0.3 is 0 Å². The molecule has 2 aromatic rings. The highest BCUT2D eigenvalue weighted by molar-refractivity contribution is 7.71. The lowest BCUT2D eigenvalue weighted by atomic mass is 10.3. The summed E-state index contributed by atoms with van der Waals surface area (Å²) in [5.74, 6) is 0.807. The van der Waals surface area contributed by atoms with Crippen LogP contribution in [0.4, 0.5) is 0 Å². The van der Waals surface area contributed by atoms with Gasteiger partial charge in [0.25, 0.3) is 0 Å². The maximum Gasteiger partial charge on any atom is 0.179 e. The molecule has 1 N–H and O–H groups in total. The summed E-state index contributed by atoms with van der Waals surface area (Å²) in [4.78, 5) is 7.63. The van der Waals surface area contributed by atoms with Crippen molar-refractivity contribution in [3.05, 3.63) is 22.6 Å². The van der Waals surface area contributed by atoms with Gasteiger partial charge in [-0.3, -0.25) is 4.57 Å². The Morgan fingerprint density at radius 2 is 2.39 bits per heavy atom. The van der Waals surface area contributed by atoms with Crippen molar-refractivity contribution in [1.29, 1.82) is 0 Å². The van der Waals surface area contributed by atoms with Gasteiger partial charge in [0, 0.05) is 12.8 Å². The van der Waals surface area contributed by atoms with E-state index in [-0.39, 0.29) is 0 Å². The molecule has 2 heterocycles. The van der Waals surface area contributed by atoms with E-state index in [1.54, 1.807) is 0 Å². The van der Waals surface area contributed by atoms with Crippen molar-refractivity contribution in [3.63, 3.8) is 0 Å². The van der Waals surface area contributed by atoms with Gasteiger partial charge in [-0.1, -0.05) is 0 Å². The molecule has 18 heavy (non-hydrogen) atoms. The van der Waals surface area contributed by atoms with Gasteiger partial charge in [-0.25, -0.2) is 4.98 Å². The zero-order chi connectivity index (χ0) is 12.5. The average Bonchev–Trinajstić information content (AvgIpc) is 3.10. The Morgan fingerprint density at radius 1 is 1.56 bits per heavy atom. The lowest BCUT2D eigenvalue weighted by molar-refractivity contribution is 0.117. The summed E-state index contributed by atoms with van der Waals surface area (Å²) in [6, 6.07) is 2.07. The predicted molar refractivity (Wildman–Crippen MR) is 73.2 cm³/mol. The lowest BCUT2D eigenvalue weighted by Crippen LogP contribution is -2.08. The fourth-order valence-electron chi connectivity index (χ4n) is 2.05. The van der Waals surface area contributed by atoms with Crippen LogP contribution < -0.4 is 0 Å². The third kappa shape index (κ3) is 2.47. The number of aryl methyl sites for hydroxylation is 1. The van der Waals surface area contributed by atoms with Gasteiger partial charge in [0.05, 0.1) is 18.7 Å². The van der Waals surface area contributed by atoms with Crippen molar-refractivity contribution >= 4 is 23.4 Å². The summed E-state index contributed by atoms with van der Waals surface area (Å²) in [5.41, 5.74) is 3.05. The molecular weight excluding hydrogens is 246 g/mol. The number of ether oxygens (including phenoxy) is 1. The number of pyridine rings is 1. The normalized spacial score (nSPS) is 15.4. The molecular formula is C13H17N3OS. The Labute approximate surface area is 111 Å². The molecule has 0 aromatic carbocycles. The number of hydrogen-bond acceptors (Lipinski definition) is 3. The first-order valence-electron chi connectivity index (χ1n) is 6.37. The van der Waals surface area contributed by atoms with E-state index >= 15 is 0 Å². The maximum absolute atomic E-state index is 5.65. The molecule has 1 aliphatic carbocycles. The third-order valence-corrected chi connectivity index (χ3v) is 3.58. The van der Waals surface area contributed by atoms with Gasteiger partial charge < -0.3 is 9.72 Å². The van der Waals surface area contributed by atoms with Crippen LogP contribution in [0.1, 0.15) is 18.4 Å². The molecule has 3 rings (SSSR count). The van der Waals surface area contributed by atoms with Crippen LogP contribution in [0.3, 0.4) is 0 Å². The van der Waals surface area contributed by atoms with Crippen LogP contribution in [0.25, 0.3) is 11.2 Å². The van der Waals surface area contributed by atoms with Crippen molar-refractivity contribution in [2.24, 2.45) is 5.92 Å². The smallest absolute Gasteiger partial charge is 0.179 e. The zero-order valence-corrected chi connectivity index (χ0v) is 11.3. The number of fused-ring (bicyclic) bond motifs is 1. The van der Waals surface area contributed by atoms with Gasteiger partial charge in [0.1, 0.15) is 0 Å². The number of nitrogens with one attached hydrogen (secondary N) is 1. The van der Waals surface area contributed by atoms with Crippen molar-refractivity contribution in [1.82, 2.24) is 14.5 Å². The van der Waals surface area contributed by atoms with Gasteiger partial charge in [-0.05, 0) is 49.5 Å². The van der Waals surface area contributed by atoms with Crippen LogP contribution in [-0.2, 0) is 11.3 Å². The van der Waals surface area contributed by atoms with Crippen LogP contribution in [0.5, 0.6) is 0 Å². The van der Waals surface area contributed by atoms with Crippen molar-refractivity contribution in [3.8, 4) is 0 Å². The first-order valence-corrected chi connectivity index (χ1v) is 6.78. The maximum atomic E-state index is 5.65. The first kappa shape index (κ1) is 11.9. The highest BCUT2D eigenvalue weighted by Gasteiger charge is 2.20. The van der Waals surface area contributed by atoms with Gasteiger partial charge in [-0.2, -0.15) is 0 Å². The molecule has 0 atom stereocenters. The molecule has 0 saturated heterocycles. The average molecular weight is 263 g/mol. The fourth-order valence-corrected chi connectivity index (χ4v) is 2.33. The summed E-state index contributed by atoms with van der Waals surface area (Å²) >= 11 is 5.32. The van der Waals surface area contributed by atoms with E-state index in [9.17, 15) is 0 Å². The van der Waals surface area contributed by atoms with Crippen molar-refractivity contribution in [2.75, 3.05) is 13.2 Å². The Morgan fingerprint density at radius 3 is 3.17 bits per heavy atom. The van der Waals surface area contributed by atoms with Crippen LogP contribution in [0, 0.1) is 17.6 Å². The highest BCUT2D eigenvalue weighted by atomic mass is 32.1. The Balaban J connectivity index is 1.73. The molecule has 0 aliphatic heterocycles. The molecule has 0 unspecified atom stereocenters. The SMILES string of the molecule is Cc1cnc2c(c1)[nH]c(=S)n2CCOCC1CC1. The number of aromatic amines is 1. The molecule has 96 valence electrons. The van der Waals surface area contributed by atoms with Crippen molar-refractivity contribution < 1.29 is 4.74 Å². The second-order valence-electron chi connectivity index (χ2n) is 4.98. The second-order valence-corrected chi connectivity index (χ2v) is 5.37. The van der Waals surface area contributed by atoms with E-state index in [0.29, 0.717) is 6.61 Å². The molecule has 1 saturated carbocycles. The van der Waals surface area contributed by atoms with E-state index in [4.69, 9.17) is 17.0 Å². The molecule has 5 heteroatoms. The first-order chi connectivity index (χ1) is 8.74. The molecule has 1 aliphatic rings. The van der Waals surface area contributed by atoms with E-state index in [1.807, 2.05) is 17.7 Å². The number of aromatic nitrogens is 3. The fraction of sp³-hybridized carbons (Fsp3) is 0.538. The van der Waals surface area contributed by atoms with Crippen LogP contribution >= 0.6 is 12.2 Å². The molecule has 0 radical (unpaired) electrons. The number of imidazole rings is 1. The Kier molecular flexibility index (Phi) is 3.18. The summed E-state index contributed by atoms with van der Waals surface area (Å²) in [6.45, 7) is 4.39. The molecule has 0 amide bonds. The minimum absolute atomic E-state index is 0.702. The minimum Gasteiger partial charge on any atom is -0.379 e. The van der Waals surface area contributed by atoms with Gasteiger partial charge in [0.2, 0.25) is 0 Å². The number of H-pyrrole nitrogens is 1. The van der Waals surface area contributed by atoms with Crippen LogP contribution in [0.2, 0.25) is 0 Å². The molecule has 4 nitrogen and oxygen atoms in total. The number of rotatable bonds is 5. The van der Waals surface area contributed by atoms with Crippen LogP contribution in [-0.4, -0.2) is 27.7 Å². The quantitative estimate of drug-likeness (QED) is 0.666. The van der Waals surface area contributed by atoms with Crippen molar-refractivity contribution in [2.45, 2.75) is 26.3 Å². The number of hydrogen-bond donors (Lipinski definition) is 1. The van der Waals surface area contributed by atoms with Gasteiger partial charge in [-0.15, -0.1) is 0 Å². The van der Waals surface area contributed by atoms with E-state index in [1.165, 1.54) is 12.8 Å². The van der Waals surface area contributed by atoms with E-state index < -0.39 is 0 Å². The highest BCUT2D eigenvalue weighted by Crippen LogP contribution is 2.28. The Bertz CT molecular complexity index is 612. The summed E-state index contributed by atoms with van der Waals surface area (Å²) < 4.78 is 8.38. The monoisotopic (exact) mass is 263 g/mol. The molecule has 1 fully saturated rings. The summed E-state index contributed by atoms with van der Waals surface area (Å²) in [5, 5.41) is 0. The summed E-state index contributed by atoms with van der Waals surface area (Å²) in [7, 11) is 0. The van der Waals surface area contributed by atoms with E-state index in [0.717, 1.165) is 40.6 Å². The molecule has 2 aromatic heterocycles. The van der Waals surface area contributed by atoms with Gasteiger partial charge in [0.15, 0.2) is 10.4 Å². The largest absolute Gasteiger partial charge is 0.379 e. The lowest BCUT2D eigenvalue weighted by Gasteiger charge is -2.05. The van der Waals surface area contributed by atoms with E-state index in [2.05, 4.69) is 16.0 Å². The standard InChI is InChI=1S/C13H17N3OS/c1-9-6-11-12(14-7-9)16(13(18)15-11)4-5-17-8-10-2-3-10/h6-7,10H,2-5,8H2,1H3,(H,15,18). The number of nitrogens with zero attached hydrogens (tertiary/aromatic N) is 2. The minimum atomic E-state index is 0.702. The molecule has 0 spiro atoms. The topological polar surface area (TPSA) is 42.8 Å². The second kappa shape index (κ2) is 4.82. The van der Waals surface area contributed by atoms with Crippen LogP contribution in [0.15, 0.2) is 12.3 Å². The summed E-state index contributed by atoms with van der Waals surface area (Å²) in [6.07, 6.45) is 4.52. The zero-order valence-electron chi connectivity index (χ0n) is 10.5. The third-order valence-electron chi connectivity index (χ3n) is 3.26.